The number of anilines is 2. The van der Waals surface area contributed by atoms with Gasteiger partial charge in [0.05, 0.1) is 7.11 Å². The van der Waals surface area contributed by atoms with Crippen LogP contribution in [0.15, 0.2) is 0 Å². The molecule has 20 heavy (non-hydrogen) atoms. The van der Waals surface area contributed by atoms with Crippen molar-refractivity contribution in [3.05, 3.63) is 0 Å². The van der Waals surface area contributed by atoms with Crippen molar-refractivity contribution in [1.29, 1.82) is 0 Å². The Morgan fingerprint density at radius 3 is 2.25 bits per heavy atom. The first-order valence-corrected chi connectivity index (χ1v) is 7.55. The van der Waals surface area contributed by atoms with Crippen LogP contribution in [0.3, 0.4) is 0 Å². The predicted octanol–water partition coefficient (Wildman–Crippen LogP) is 3.01. The second kappa shape index (κ2) is 10.2. The molecule has 0 fully saturated rings. The van der Waals surface area contributed by atoms with Crippen LogP contribution in [0, 0.1) is 0 Å². The molecule has 0 radical (unpaired) electrons. The summed E-state index contributed by atoms with van der Waals surface area (Å²) in [5.41, 5.74) is 5.56. The molecular formula is C14H27N5O. The molecule has 1 aromatic heterocycles. The van der Waals surface area contributed by atoms with Crippen molar-refractivity contribution >= 4 is 11.9 Å². The first-order valence-electron chi connectivity index (χ1n) is 7.55. The molecule has 1 aromatic rings. The maximum absolute atomic E-state index is 5.56. The van der Waals surface area contributed by atoms with Crippen LogP contribution in [0.25, 0.3) is 0 Å². The van der Waals surface area contributed by atoms with Gasteiger partial charge in [0.2, 0.25) is 11.9 Å². The van der Waals surface area contributed by atoms with Crippen molar-refractivity contribution in [2.24, 2.45) is 0 Å². The molecule has 0 aliphatic heterocycles. The Bertz CT molecular complexity index is 373. The lowest BCUT2D eigenvalue weighted by Crippen LogP contribution is -2.09. The molecule has 1 heterocycles. The van der Waals surface area contributed by atoms with Crippen LogP contribution in [0.4, 0.5) is 11.9 Å². The summed E-state index contributed by atoms with van der Waals surface area (Å²) in [5, 5.41) is 3.15. The number of ether oxygens (including phenoxy) is 1. The number of hydrogen-bond donors (Lipinski definition) is 2. The minimum absolute atomic E-state index is 0.176. The SMILES string of the molecule is CCCCCCCCCCNc1nc(N)nc(OC)n1. The van der Waals surface area contributed by atoms with E-state index in [1.165, 1.54) is 52.1 Å². The number of unbranched alkanes of at least 4 members (excludes halogenated alkanes) is 7. The van der Waals surface area contributed by atoms with Crippen LogP contribution < -0.4 is 15.8 Å². The molecule has 0 atom stereocenters. The third kappa shape index (κ3) is 7.11. The number of aromatic nitrogens is 3. The zero-order chi connectivity index (χ0) is 14.6. The monoisotopic (exact) mass is 281 g/mol. The molecule has 0 bridgehead atoms. The number of methoxy groups -OCH3 is 1. The second-order valence-corrected chi connectivity index (χ2v) is 4.91. The Hall–Kier alpha value is -1.59. The summed E-state index contributed by atoms with van der Waals surface area (Å²) in [6.45, 7) is 3.09. The summed E-state index contributed by atoms with van der Waals surface area (Å²) in [6, 6.07) is 0.246. The van der Waals surface area contributed by atoms with Crippen molar-refractivity contribution in [3.63, 3.8) is 0 Å². The van der Waals surface area contributed by atoms with E-state index in [1.54, 1.807) is 0 Å². The highest BCUT2D eigenvalue weighted by Gasteiger charge is 2.03. The maximum Gasteiger partial charge on any atom is 0.322 e. The van der Waals surface area contributed by atoms with Gasteiger partial charge in [-0.15, -0.1) is 0 Å². The van der Waals surface area contributed by atoms with E-state index in [-0.39, 0.29) is 12.0 Å². The number of hydrogen-bond acceptors (Lipinski definition) is 6. The fourth-order valence-corrected chi connectivity index (χ4v) is 2.00. The van der Waals surface area contributed by atoms with Gasteiger partial charge in [-0.2, -0.15) is 15.0 Å². The Morgan fingerprint density at radius 2 is 1.60 bits per heavy atom. The van der Waals surface area contributed by atoms with E-state index in [0.717, 1.165) is 13.0 Å². The Labute approximate surface area is 121 Å². The van der Waals surface area contributed by atoms with E-state index < -0.39 is 0 Å². The van der Waals surface area contributed by atoms with Crippen LogP contribution in [-0.4, -0.2) is 28.6 Å². The van der Waals surface area contributed by atoms with Crippen LogP contribution in [0.2, 0.25) is 0 Å². The highest BCUT2D eigenvalue weighted by Crippen LogP contribution is 2.10. The molecule has 0 saturated carbocycles. The molecule has 6 heteroatoms. The van der Waals surface area contributed by atoms with Gasteiger partial charge in [-0.3, -0.25) is 0 Å². The lowest BCUT2D eigenvalue weighted by Gasteiger charge is -2.06. The van der Waals surface area contributed by atoms with Crippen molar-refractivity contribution in [2.45, 2.75) is 58.3 Å². The summed E-state index contributed by atoms with van der Waals surface area (Å²) in [4.78, 5) is 11.9. The Kier molecular flexibility index (Phi) is 8.42. The number of nitrogens with one attached hydrogen (secondary N) is 1. The lowest BCUT2D eigenvalue weighted by atomic mass is 10.1. The minimum atomic E-state index is 0.176. The average Bonchev–Trinajstić information content (AvgIpc) is 2.45. The van der Waals surface area contributed by atoms with Crippen molar-refractivity contribution in [2.75, 3.05) is 24.7 Å². The third-order valence-corrected chi connectivity index (χ3v) is 3.13. The van der Waals surface area contributed by atoms with Gasteiger partial charge < -0.3 is 15.8 Å². The number of rotatable bonds is 11. The topological polar surface area (TPSA) is 86.0 Å². The van der Waals surface area contributed by atoms with E-state index in [4.69, 9.17) is 10.5 Å². The maximum atomic E-state index is 5.56. The first-order chi connectivity index (χ1) is 9.76. The van der Waals surface area contributed by atoms with Crippen LogP contribution in [-0.2, 0) is 0 Å². The fourth-order valence-electron chi connectivity index (χ4n) is 2.00. The largest absolute Gasteiger partial charge is 0.467 e. The van der Waals surface area contributed by atoms with Gasteiger partial charge in [0, 0.05) is 6.54 Å². The van der Waals surface area contributed by atoms with E-state index in [9.17, 15) is 0 Å². The predicted molar refractivity (Wildman–Crippen MR) is 81.9 cm³/mol. The molecular weight excluding hydrogens is 254 g/mol. The first kappa shape index (κ1) is 16.5. The zero-order valence-corrected chi connectivity index (χ0v) is 12.7. The van der Waals surface area contributed by atoms with Crippen molar-refractivity contribution in [3.8, 4) is 6.01 Å². The molecule has 3 N–H and O–H groups in total. The van der Waals surface area contributed by atoms with Gasteiger partial charge in [-0.05, 0) is 6.42 Å². The fraction of sp³-hybridized carbons (Fsp3) is 0.786. The molecule has 1 rings (SSSR count). The summed E-state index contributed by atoms with van der Waals surface area (Å²) in [7, 11) is 1.51. The molecule has 0 spiro atoms. The normalized spacial score (nSPS) is 10.5. The molecule has 0 aliphatic rings. The van der Waals surface area contributed by atoms with E-state index in [0.29, 0.717) is 5.95 Å². The number of nitrogens with zero attached hydrogens (tertiary/aromatic N) is 3. The summed E-state index contributed by atoms with van der Waals surface area (Å²) in [5.74, 6) is 0.660. The number of nitrogens with two attached hydrogens (primary N) is 1. The van der Waals surface area contributed by atoms with Crippen molar-refractivity contribution < 1.29 is 4.74 Å². The van der Waals surface area contributed by atoms with Gasteiger partial charge in [0.1, 0.15) is 0 Å². The Balaban J connectivity index is 2.08. The van der Waals surface area contributed by atoms with Crippen LogP contribution >= 0.6 is 0 Å². The van der Waals surface area contributed by atoms with Gasteiger partial charge >= 0.3 is 6.01 Å². The Morgan fingerprint density at radius 1 is 0.950 bits per heavy atom. The summed E-state index contributed by atoms with van der Waals surface area (Å²) in [6.07, 6.45) is 10.4. The lowest BCUT2D eigenvalue weighted by molar-refractivity contribution is 0.379. The van der Waals surface area contributed by atoms with Gasteiger partial charge in [0.25, 0.3) is 0 Å². The molecule has 0 amide bonds. The molecule has 0 aromatic carbocycles. The highest BCUT2D eigenvalue weighted by atomic mass is 16.5. The number of nitrogen functional groups attached to an aromatic ring is 1. The standard InChI is InChI=1S/C14H27N5O/c1-3-4-5-6-7-8-9-10-11-16-13-17-12(15)18-14(19-13)20-2/h3-11H2,1-2H3,(H3,15,16,17,18,19). The van der Waals surface area contributed by atoms with Gasteiger partial charge in [0.15, 0.2) is 0 Å². The summed E-state index contributed by atoms with van der Waals surface area (Å²) < 4.78 is 4.95. The molecule has 0 unspecified atom stereocenters. The van der Waals surface area contributed by atoms with Gasteiger partial charge in [-0.25, -0.2) is 0 Å². The minimum Gasteiger partial charge on any atom is -0.467 e. The van der Waals surface area contributed by atoms with Crippen molar-refractivity contribution in [1.82, 2.24) is 15.0 Å². The highest BCUT2D eigenvalue weighted by molar-refractivity contribution is 5.32. The second-order valence-electron chi connectivity index (χ2n) is 4.91. The van der Waals surface area contributed by atoms with Crippen LogP contribution in [0.1, 0.15) is 58.3 Å². The average molecular weight is 281 g/mol. The summed E-state index contributed by atoms with van der Waals surface area (Å²) >= 11 is 0. The van der Waals surface area contributed by atoms with E-state index in [2.05, 4.69) is 27.2 Å². The van der Waals surface area contributed by atoms with E-state index in [1.807, 2.05) is 0 Å². The molecule has 0 aliphatic carbocycles. The molecule has 0 saturated heterocycles. The quantitative estimate of drug-likeness (QED) is 0.606. The van der Waals surface area contributed by atoms with E-state index >= 15 is 0 Å². The molecule has 6 nitrogen and oxygen atoms in total. The third-order valence-electron chi connectivity index (χ3n) is 3.13. The van der Waals surface area contributed by atoms with Gasteiger partial charge in [-0.1, -0.05) is 51.9 Å². The smallest absolute Gasteiger partial charge is 0.322 e. The zero-order valence-electron chi connectivity index (χ0n) is 12.7. The van der Waals surface area contributed by atoms with Crippen LogP contribution in [0.5, 0.6) is 6.01 Å². The molecule has 114 valence electrons.